The molecule has 7 aromatic carbocycles. The number of esters is 1. The van der Waals surface area contributed by atoms with Crippen LogP contribution in [0.15, 0.2) is 115 Å². The fraction of sp³-hybridized carbons (Fsp3) is 0.393. The summed E-state index contributed by atoms with van der Waals surface area (Å²) in [7, 11) is 2.38. The fourth-order valence-corrected chi connectivity index (χ4v) is 15.7. The number of ether oxygens (including phenoxy) is 8. The quantitative estimate of drug-likeness (QED) is 0.0421. The van der Waals surface area contributed by atoms with Crippen LogP contribution in [-0.2, 0) is 63.8 Å². The monoisotopic (exact) mass is 1740 g/mol. The molecule has 7 amide bonds. The highest BCUT2D eigenvalue weighted by Crippen LogP contribution is 2.50. The standard InChI is InChI=1S/C84H90Cl2N8O29/c1-34(2)11-9-7-5-6-8-10-12-57(100)89-66-69(103)71(105)74(82(115)116-4)123-83(66)122-73-54-27-39-28-55(73)119-51-22-17-38(25-46(51)85)67(101)65-80(112)93-64(81(113)114)44-29-40(96)30-53(120-84-72(106)70(104)68(102)56(33-95)121-84)58(44)43-24-36(15-20-48(43)97)61(77(109)94-65)90-78(110)62(39)91-79(111)63-45-31-42(32-50(99)59(45)86)118-52-26-37(16-21-49(52)98)60(87-3)76(108)88-47(75(107)92-63)23-35-13-18-41(117-54)19-14-35/h13-22,24-32,34,47,56,60-72,74,83-84,87,95-99,101-106H,5-12,23,33H2,1-4H3,(H,88,108)(H,89,100)(H,90,110)(H,91,111)(H,92,107)(H,93,112)(H,94,109)(H,113,114)/t47?,56?,60-,61?,62?,63?,64?,65?,66?,67-,68-,69-,70?,71?,72?,74?,83-,84+/m1/s1. The summed E-state index contributed by atoms with van der Waals surface area (Å²) in [6.45, 7) is 3.28. The normalized spacial score (nSPS) is 26.4. The number of likely N-dealkylation sites (N-methyl/N-ethyl adjacent to an activating group) is 1. The first-order valence-corrected chi connectivity index (χ1v) is 40.1. The molecule has 2 saturated heterocycles. The summed E-state index contributed by atoms with van der Waals surface area (Å²) in [5.41, 5.74) is -3.19. The third-order valence-corrected chi connectivity index (χ3v) is 22.5. The van der Waals surface area contributed by atoms with E-state index in [9.17, 15) is 80.5 Å². The van der Waals surface area contributed by atoms with E-state index in [0.29, 0.717) is 24.3 Å². The van der Waals surface area contributed by atoms with Crippen LogP contribution < -0.4 is 66.2 Å². The molecule has 0 radical (unpaired) electrons. The number of hydrogen-bond acceptors (Lipinski definition) is 29. The van der Waals surface area contributed by atoms with Gasteiger partial charge in [-0.1, -0.05) is 106 Å². The van der Waals surface area contributed by atoms with Crippen molar-refractivity contribution in [2.75, 3.05) is 20.8 Å². The lowest BCUT2D eigenvalue weighted by molar-refractivity contribution is -0.277. The van der Waals surface area contributed by atoms with Gasteiger partial charge in [0.2, 0.25) is 59.7 Å². The van der Waals surface area contributed by atoms with E-state index >= 15 is 24.0 Å². The zero-order chi connectivity index (χ0) is 88.3. The molecule has 8 aliphatic rings. The summed E-state index contributed by atoms with van der Waals surface area (Å²) in [5.74, 6) is -18.1. The summed E-state index contributed by atoms with van der Waals surface area (Å²) in [6, 6.07) is 4.80. The van der Waals surface area contributed by atoms with Crippen molar-refractivity contribution >= 4 is 76.5 Å². The summed E-state index contributed by atoms with van der Waals surface area (Å²) in [6.07, 6.45) is -15.7. The van der Waals surface area contributed by atoms with Crippen molar-refractivity contribution in [3.05, 3.63) is 164 Å². The first-order valence-electron chi connectivity index (χ1n) is 39.3. The van der Waals surface area contributed by atoms with E-state index in [2.05, 4.69) is 56.4 Å². The average molecular weight is 1750 g/mol. The number of nitrogens with one attached hydrogen (secondary N) is 8. The van der Waals surface area contributed by atoms with Crippen LogP contribution in [0.25, 0.3) is 11.1 Å². The minimum Gasteiger partial charge on any atom is -0.508 e. The number of phenols is 4. The molecule has 2 fully saturated rings. The van der Waals surface area contributed by atoms with Crippen molar-refractivity contribution in [3.8, 4) is 80.1 Å². The molecule has 8 heterocycles. The Morgan fingerprint density at radius 3 is 1.89 bits per heavy atom. The van der Waals surface area contributed by atoms with Crippen molar-refractivity contribution in [2.45, 2.75) is 181 Å². The van der Waals surface area contributed by atoms with Crippen LogP contribution in [0.4, 0.5) is 0 Å². The van der Waals surface area contributed by atoms with E-state index in [-0.39, 0.29) is 34.8 Å². The Bertz CT molecular complexity index is 5220. The molecule has 17 bridgehead atoms. The van der Waals surface area contributed by atoms with E-state index < -0.39 is 271 Å². The van der Waals surface area contributed by atoms with E-state index in [1.165, 1.54) is 49.5 Å². The van der Waals surface area contributed by atoms with Gasteiger partial charge in [0.1, 0.15) is 125 Å². The van der Waals surface area contributed by atoms with Gasteiger partial charge in [0.15, 0.2) is 35.1 Å². The predicted octanol–water partition coefficient (Wildman–Crippen LogP) is 4.27. The number of unbranched alkanes of at least 4 members (excludes halogenated alkanes) is 5. The van der Waals surface area contributed by atoms with E-state index in [0.717, 1.165) is 112 Å². The molecular formula is C84H90Cl2N8O29. The molecule has 18 atom stereocenters. The Kier molecular flexibility index (Phi) is 27.4. The predicted molar refractivity (Wildman–Crippen MR) is 428 cm³/mol. The Morgan fingerprint density at radius 2 is 1.20 bits per heavy atom. The molecule has 0 saturated carbocycles. The van der Waals surface area contributed by atoms with Gasteiger partial charge in [0, 0.05) is 47.2 Å². The number of rotatable bonds is 18. The van der Waals surface area contributed by atoms with Crippen LogP contribution in [0.3, 0.4) is 0 Å². The lowest BCUT2D eigenvalue weighted by Gasteiger charge is -2.41. The minimum atomic E-state index is -2.45. The van der Waals surface area contributed by atoms with Crippen LogP contribution in [0.2, 0.25) is 10.0 Å². The third-order valence-electron chi connectivity index (χ3n) is 21.8. The van der Waals surface area contributed by atoms with Gasteiger partial charge in [-0.15, -0.1) is 0 Å². The maximum Gasteiger partial charge on any atom is 0.337 e. The van der Waals surface area contributed by atoms with Crippen LogP contribution in [0.5, 0.6) is 69.0 Å². The molecule has 123 heavy (non-hydrogen) atoms. The largest absolute Gasteiger partial charge is 0.508 e. The highest BCUT2D eigenvalue weighted by atomic mass is 35.5. The van der Waals surface area contributed by atoms with Gasteiger partial charge in [-0.2, -0.15) is 0 Å². The van der Waals surface area contributed by atoms with Crippen LogP contribution in [-0.4, -0.2) is 209 Å². The zero-order valence-electron chi connectivity index (χ0n) is 66.1. The molecular weight excluding hydrogens is 1660 g/mol. The number of benzene rings is 7. The molecule has 37 nitrogen and oxygen atoms in total. The topological polar surface area (TPSA) is 566 Å². The molecule has 12 unspecified atom stereocenters. The first kappa shape index (κ1) is 88.9. The highest BCUT2D eigenvalue weighted by molar-refractivity contribution is 6.33. The van der Waals surface area contributed by atoms with Gasteiger partial charge in [-0.3, -0.25) is 33.6 Å². The zero-order valence-corrected chi connectivity index (χ0v) is 67.6. The molecule has 39 heteroatoms. The van der Waals surface area contributed by atoms with Crippen molar-refractivity contribution in [1.82, 2.24) is 42.5 Å². The summed E-state index contributed by atoms with van der Waals surface area (Å²) >= 11 is 14.2. The van der Waals surface area contributed by atoms with Crippen molar-refractivity contribution in [1.29, 1.82) is 0 Å². The second-order valence-corrected chi connectivity index (χ2v) is 31.6. The number of aliphatic hydroxyl groups excluding tert-OH is 7. The van der Waals surface area contributed by atoms with Gasteiger partial charge in [-0.25, -0.2) is 9.59 Å². The number of aliphatic carboxylic acids is 1. The number of fused-ring (bicyclic) bond motifs is 14. The van der Waals surface area contributed by atoms with Crippen molar-refractivity contribution in [2.24, 2.45) is 5.92 Å². The summed E-state index contributed by atoms with van der Waals surface area (Å²) < 4.78 is 49.4. The SMILES string of the molecule is CN[C@H]1C(=O)NC2Cc3ccc(cc3)Oc3cc4cc(c3O[C@@H]3OC(C(=O)OC)C(O)[C@H](O)C3NC(=O)CCCCCCCCC(C)C)Oc3ccc(cc3Cl)[C@@H](O)C3NC(=O)C(NC(=O)C4NC(=O)C(NC2=O)c2cc(cc(O)c2Cl)Oc2cc1ccc2O)c1ccc(O)c(c1)-c1c(O[C@H]2OC(CO)[C@@H](O)C(O)C2O)cc(O)cc1C(C(=O)O)NC3=O. The maximum absolute atomic E-state index is 16.7. The second-order valence-electron chi connectivity index (χ2n) is 30.8. The Balaban J connectivity index is 1.04. The van der Waals surface area contributed by atoms with E-state index in [1.807, 2.05) is 0 Å². The second kappa shape index (κ2) is 37.9. The maximum atomic E-state index is 16.7. The first-order chi connectivity index (χ1) is 58.7. The van der Waals surface area contributed by atoms with Gasteiger partial charge in [0.05, 0.1) is 23.8 Å². The van der Waals surface area contributed by atoms with Crippen LogP contribution in [0, 0.1) is 5.92 Å². The molecule has 654 valence electrons. The molecule has 20 N–H and O–H groups in total. The van der Waals surface area contributed by atoms with Gasteiger partial charge in [0.25, 0.3) is 0 Å². The fourth-order valence-electron chi connectivity index (χ4n) is 15.3. The Morgan fingerprint density at radius 1 is 0.553 bits per heavy atom. The number of phenolic OH excluding ortho intramolecular Hbond substituents is 4. The molecule has 0 aromatic heterocycles. The number of methoxy groups -OCH3 is 1. The number of halogens is 2. The number of aromatic hydroxyl groups is 4. The Hall–Kier alpha value is -11.9. The van der Waals surface area contributed by atoms with Gasteiger partial charge < -0.3 is 142 Å². The van der Waals surface area contributed by atoms with Gasteiger partial charge >= 0.3 is 11.9 Å². The number of hydrogen-bond donors (Lipinski definition) is 20. The lowest BCUT2D eigenvalue weighted by Crippen LogP contribution is -2.66. The average Bonchev–Trinajstić information content (AvgIpc) is 0.759. The number of amides is 7. The minimum absolute atomic E-state index is 0.127. The van der Waals surface area contributed by atoms with Crippen molar-refractivity contribution < 1.29 is 142 Å². The molecule has 7 aromatic rings. The number of carbonyl (C=O) groups excluding carboxylic acids is 8. The molecule has 0 spiro atoms. The van der Waals surface area contributed by atoms with Gasteiger partial charge in [-0.05, 0) is 120 Å². The van der Waals surface area contributed by atoms with Crippen molar-refractivity contribution in [3.63, 3.8) is 0 Å². The number of carbonyl (C=O) groups is 9. The summed E-state index contributed by atoms with van der Waals surface area (Å²) in [5, 5.41) is 157. The number of carboxylic acid groups (broad SMARTS) is 1. The third kappa shape index (κ3) is 19.3. The number of carboxylic acids is 1. The van der Waals surface area contributed by atoms with Crippen LogP contribution in [0.1, 0.15) is 140 Å². The Labute approximate surface area is 710 Å². The molecule has 0 aliphatic carbocycles. The summed E-state index contributed by atoms with van der Waals surface area (Å²) in [4.78, 5) is 137. The molecule has 15 rings (SSSR count). The van der Waals surface area contributed by atoms with Crippen LogP contribution >= 0.6 is 23.2 Å². The lowest BCUT2D eigenvalue weighted by atomic mass is 9.89. The highest BCUT2D eigenvalue weighted by Gasteiger charge is 2.52. The molecule has 8 aliphatic heterocycles. The van der Waals surface area contributed by atoms with E-state index in [4.69, 9.17) is 61.1 Å². The number of aliphatic hydroxyl groups is 7. The smallest absolute Gasteiger partial charge is 0.337 e. The van der Waals surface area contributed by atoms with E-state index in [1.54, 1.807) is 0 Å².